The van der Waals surface area contributed by atoms with Gasteiger partial charge in [-0.15, -0.1) is 0 Å². The number of methoxy groups -OCH3 is 3. The lowest BCUT2D eigenvalue weighted by Gasteiger charge is -2.14. The summed E-state index contributed by atoms with van der Waals surface area (Å²) >= 11 is 0. The molecule has 132 valence electrons. The third-order valence-corrected chi connectivity index (χ3v) is 4.38. The van der Waals surface area contributed by atoms with E-state index in [9.17, 15) is 4.79 Å². The summed E-state index contributed by atoms with van der Waals surface area (Å²) < 4.78 is 17.9. The van der Waals surface area contributed by atoms with Crippen molar-refractivity contribution in [3.05, 3.63) is 53.2 Å². The summed E-state index contributed by atoms with van der Waals surface area (Å²) in [4.78, 5) is 20.7. The predicted molar refractivity (Wildman–Crippen MR) is 98.4 cm³/mol. The molecule has 0 saturated carbocycles. The van der Waals surface area contributed by atoms with Crippen LogP contribution >= 0.6 is 0 Å². The van der Waals surface area contributed by atoms with Gasteiger partial charge in [-0.05, 0) is 23.8 Å². The third kappa shape index (κ3) is 2.28. The lowest BCUT2D eigenvalue weighted by Crippen LogP contribution is -2.08. The summed E-state index contributed by atoms with van der Waals surface area (Å²) in [7, 11) is 4.62. The van der Waals surface area contributed by atoms with Gasteiger partial charge >= 0.3 is 0 Å². The van der Waals surface area contributed by atoms with Crippen molar-refractivity contribution in [1.29, 1.82) is 0 Å². The highest BCUT2D eigenvalue weighted by Gasteiger charge is 2.17. The number of aromatic amines is 1. The molecule has 3 aromatic heterocycles. The summed E-state index contributed by atoms with van der Waals surface area (Å²) in [6, 6.07) is 5.36. The van der Waals surface area contributed by atoms with Crippen molar-refractivity contribution in [2.24, 2.45) is 0 Å². The number of nitrogens with one attached hydrogen (secondary N) is 1. The Hall–Kier alpha value is -3.48. The van der Waals surface area contributed by atoms with E-state index in [1.165, 1.54) is 7.11 Å². The first-order valence-corrected chi connectivity index (χ1v) is 7.95. The molecule has 3 heterocycles. The molecule has 1 N–H and O–H groups in total. The predicted octanol–water partition coefficient (Wildman–Crippen LogP) is 2.87. The lowest BCUT2D eigenvalue weighted by molar-refractivity contribution is 0.324. The average molecular weight is 351 g/mol. The maximum absolute atomic E-state index is 13.2. The molecule has 0 radical (unpaired) electrons. The highest BCUT2D eigenvalue weighted by atomic mass is 16.5. The molecule has 0 fully saturated rings. The third-order valence-electron chi connectivity index (χ3n) is 4.38. The normalized spacial score (nSPS) is 11.0. The Balaban J connectivity index is 2.03. The van der Waals surface area contributed by atoms with E-state index in [1.807, 2.05) is 16.7 Å². The van der Waals surface area contributed by atoms with Crippen LogP contribution in [0.1, 0.15) is 0 Å². The first-order chi connectivity index (χ1) is 12.7. The Morgan fingerprint density at radius 3 is 2.42 bits per heavy atom. The number of imidazole rings is 1. The van der Waals surface area contributed by atoms with Crippen molar-refractivity contribution in [3.8, 4) is 28.4 Å². The van der Waals surface area contributed by atoms with Crippen LogP contribution in [0.25, 0.3) is 27.7 Å². The number of aromatic nitrogens is 3. The summed E-state index contributed by atoms with van der Waals surface area (Å²) in [6.45, 7) is 0. The fraction of sp³-hybridized carbons (Fsp3) is 0.158. The SMILES string of the molecule is COc1cc(-c2c[nH]c3ccn4ccnc4c3c2=O)cc(OC)c1OC. The number of pyridine rings is 2. The fourth-order valence-corrected chi connectivity index (χ4v) is 3.13. The zero-order chi connectivity index (χ0) is 18.3. The van der Waals surface area contributed by atoms with Gasteiger partial charge in [0, 0.05) is 30.4 Å². The number of hydrogen-bond donors (Lipinski definition) is 1. The molecule has 0 bridgehead atoms. The van der Waals surface area contributed by atoms with E-state index in [0.717, 1.165) is 5.52 Å². The van der Waals surface area contributed by atoms with Crippen LogP contribution in [0.3, 0.4) is 0 Å². The molecule has 0 aliphatic heterocycles. The van der Waals surface area contributed by atoms with Crippen LogP contribution in [0.2, 0.25) is 0 Å². The molecule has 0 atom stereocenters. The van der Waals surface area contributed by atoms with E-state index in [0.29, 0.717) is 39.4 Å². The second-order valence-corrected chi connectivity index (χ2v) is 5.71. The maximum atomic E-state index is 13.2. The van der Waals surface area contributed by atoms with Gasteiger partial charge in [-0.25, -0.2) is 4.98 Å². The molecule has 0 unspecified atom stereocenters. The van der Waals surface area contributed by atoms with Crippen molar-refractivity contribution in [1.82, 2.24) is 14.4 Å². The quantitative estimate of drug-likeness (QED) is 0.612. The number of fused-ring (bicyclic) bond motifs is 3. The lowest BCUT2D eigenvalue weighted by atomic mass is 10.0. The van der Waals surface area contributed by atoms with Gasteiger partial charge in [-0.1, -0.05) is 0 Å². The minimum absolute atomic E-state index is 0.121. The molecular weight excluding hydrogens is 334 g/mol. The van der Waals surface area contributed by atoms with Gasteiger partial charge in [-0.3, -0.25) is 4.79 Å². The van der Waals surface area contributed by atoms with E-state index in [4.69, 9.17) is 14.2 Å². The van der Waals surface area contributed by atoms with Crippen LogP contribution in [-0.4, -0.2) is 35.7 Å². The molecule has 0 spiro atoms. The van der Waals surface area contributed by atoms with Gasteiger partial charge in [0.1, 0.15) is 5.65 Å². The summed E-state index contributed by atoms with van der Waals surface area (Å²) in [5, 5.41) is 0.531. The standard InChI is InChI=1S/C19H17N3O4/c1-24-14-8-11(9-15(25-2)18(14)26-3)12-10-21-13-4-6-22-7-5-20-19(22)16(13)17(12)23/h4-10H,1-3H3,(H,21,23). The second kappa shape index (κ2) is 6.11. The Bertz CT molecular complexity index is 1150. The van der Waals surface area contributed by atoms with Crippen molar-refractivity contribution in [2.45, 2.75) is 0 Å². The second-order valence-electron chi connectivity index (χ2n) is 5.71. The van der Waals surface area contributed by atoms with Gasteiger partial charge in [-0.2, -0.15) is 0 Å². The van der Waals surface area contributed by atoms with Crippen LogP contribution in [0.4, 0.5) is 0 Å². The summed E-state index contributed by atoms with van der Waals surface area (Å²) in [5.41, 5.74) is 2.37. The van der Waals surface area contributed by atoms with Gasteiger partial charge < -0.3 is 23.6 Å². The molecule has 0 aliphatic rings. The molecule has 0 aliphatic carbocycles. The summed E-state index contributed by atoms with van der Waals surface area (Å²) in [5.74, 6) is 1.45. The van der Waals surface area contributed by atoms with Crippen LogP contribution in [-0.2, 0) is 0 Å². The van der Waals surface area contributed by atoms with Crippen LogP contribution in [0.15, 0.2) is 47.8 Å². The minimum atomic E-state index is -0.121. The molecule has 0 saturated heterocycles. The fourth-order valence-electron chi connectivity index (χ4n) is 3.13. The van der Waals surface area contributed by atoms with Crippen molar-refractivity contribution in [2.75, 3.05) is 21.3 Å². The number of nitrogens with zero attached hydrogens (tertiary/aromatic N) is 2. The van der Waals surface area contributed by atoms with E-state index in [1.54, 1.807) is 44.9 Å². The molecule has 1 aromatic carbocycles. The Kier molecular flexibility index (Phi) is 3.76. The highest BCUT2D eigenvalue weighted by molar-refractivity contribution is 5.94. The Morgan fingerprint density at radius 2 is 1.77 bits per heavy atom. The van der Waals surface area contributed by atoms with Gasteiger partial charge in [0.25, 0.3) is 0 Å². The average Bonchev–Trinajstić information content (AvgIpc) is 3.15. The minimum Gasteiger partial charge on any atom is -0.493 e. The van der Waals surface area contributed by atoms with E-state index < -0.39 is 0 Å². The molecule has 7 nitrogen and oxygen atoms in total. The Morgan fingerprint density at radius 1 is 1.04 bits per heavy atom. The van der Waals surface area contributed by atoms with Gasteiger partial charge in [0.15, 0.2) is 11.5 Å². The maximum Gasteiger partial charge on any atom is 0.203 e. The molecule has 4 aromatic rings. The van der Waals surface area contributed by atoms with E-state index >= 15 is 0 Å². The van der Waals surface area contributed by atoms with Crippen molar-refractivity contribution < 1.29 is 14.2 Å². The molecule has 0 amide bonds. The molecule has 26 heavy (non-hydrogen) atoms. The van der Waals surface area contributed by atoms with Crippen LogP contribution < -0.4 is 19.6 Å². The number of ether oxygens (including phenoxy) is 3. The monoisotopic (exact) mass is 351 g/mol. The zero-order valence-corrected chi connectivity index (χ0v) is 14.6. The van der Waals surface area contributed by atoms with Crippen LogP contribution in [0, 0.1) is 0 Å². The summed E-state index contributed by atoms with van der Waals surface area (Å²) in [6.07, 6.45) is 7.02. The number of rotatable bonds is 4. The first-order valence-electron chi connectivity index (χ1n) is 7.95. The van der Waals surface area contributed by atoms with E-state index in [2.05, 4.69) is 9.97 Å². The number of H-pyrrole nitrogens is 1. The van der Waals surface area contributed by atoms with Gasteiger partial charge in [0.2, 0.25) is 11.2 Å². The number of hydrogen-bond acceptors (Lipinski definition) is 5. The first kappa shape index (κ1) is 16.0. The molecule has 7 heteroatoms. The van der Waals surface area contributed by atoms with Crippen LogP contribution in [0.5, 0.6) is 17.2 Å². The van der Waals surface area contributed by atoms with Crippen molar-refractivity contribution in [3.63, 3.8) is 0 Å². The molecular formula is C19H17N3O4. The topological polar surface area (TPSA) is 77.9 Å². The van der Waals surface area contributed by atoms with Gasteiger partial charge in [0.05, 0.1) is 32.2 Å². The van der Waals surface area contributed by atoms with Crippen molar-refractivity contribution >= 4 is 16.6 Å². The smallest absolute Gasteiger partial charge is 0.203 e. The largest absolute Gasteiger partial charge is 0.493 e. The zero-order valence-electron chi connectivity index (χ0n) is 14.6. The molecule has 4 rings (SSSR count). The number of benzene rings is 1. The Labute approximate surface area is 148 Å². The van der Waals surface area contributed by atoms with E-state index in [-0.39, 0.29) is 5.43 Å². The highest BCUT2D eigenvalue weighted by Crippen LogP contribution is 2.40.